The molecule has 0 saturated heterocycles. The molecule has 0 amide bonds. The summed E-state index contributed by atoms with van der Waals surface area (Å²) in [5, 5.41) is 15.5. The van der Waals surface area contributed by atoms with E-state index in [9.17, 15) is 14.7 Å². The molecule has 7 nitrogen and oxygen atoms in total. The third kappa shape index (κ3) is 4.60. The largest absolute Gasteiger partial charge is 0.478 e. The lowest BCUT2D eigenvalue weighted by atomic mass is 10.1. The van der Waals surface area contributed by atoms with Crippen LogP contribution in [0.25, 0.3) is 21.8 Å². The molecular weight excluding hydrogens is 532 g/mol. The number of hydrogen-bond donors (Lipinski definition) is 1. The van der Waals surface area contributed by atoms with E-state index in [1.165, 1.54) is 4.68 Å². The Bertz CT molecular complexity index is 1770. The molecule has 0 aliphatic heterocycles. The third-order valence-electron chi connectivity index (χ3n) is 6.45. The molecule has 0 fully saturated rings. The molecule has 186 valence electrons. The SMILES string of the molecule is Cc1c(C=Nn2c(C(C)C)nc3ccc(Br)cc3c2=O)c2ccccc2n1Cc1cccc(C(=O)O)c1. The van der Waals surface area contributed by atoms with Crippen LogP contribution in [0.2, 0.25) is 0 Å². The van der Waals surface area contributed by atoms with Crippen LogP contribution in [0.1, 0.15) is 52.8 Å². The Morgan fingerprint density at radius 2 is 1.86 bits per heavy atom. The average Bonchev–Trinajstić information content (AvgIpc) is 3.14. The van der Waals surface area contributed by atoms with E-state index in [0.717, 1.165) is 32.2 Å². The molecule has 0 aliphatic carbocycles. The molecule has 2 heterocycles. The summed E-state index contributed by atoms with van der Waals surface area (Å²) >= 11 is 3.44. The van der Waals surface area contributed by atoms with E-state index >= 15 is 0 Å². The van der Waals surface area contributed by atoms with Gasteiger partial charge in [-0.2, -0.15) is 9.78 Å². The van der Waals surface area contributed by atoms with Gasteiger partial charge in [0, 0.05) is 39.1 Å². The van der Waals surface area contributed by atoms with Crippen LogP contribution in [-0.4, -0.2) is 31.5 Å². The van der Waals surface area contributed by atoms with E-state index in [1.54, 1.807) is 30.5 Å². The fourth-order valence-corrected chi connectivity index (χ4v) is 4.94. The van der Waals surface area contributed by atoms with Gasteiger partial charge in [0.1, 0.15) is 5.82 Å². The third-order valence-corrected chi connectivity index (χ3v) is 6.94. The number of benzene rings is 3. The summed E-state index contributed by atoms with van der Waals surface area (Å²) in [6.07, 6.45) is 1.72. The van der Waals surface area contributed by atoms with Crippen LogP contribution >= 0.6 is 15.9 Å². The van der Waals surface area contributed by atoms with E-state index in [1.807, 2.05) is 63.2 Å². The van der Waals surface area contributed by atoms with Gasteiger partial charge in [-0.1, -0.05) is 60.1 Å². The molecule has 0 atom stereocenters. The van der Waals surface area contributed by atoms with Gasteiger partial charge in [-0.15, -0.1) is 0 Å². The van der Waals surface area contributed by atoms with E-state index in [-0.39, 0.29) is 17.0 Å². The summed E-state index contributed by atoms with van der Waals surface area (Å²) in [5.74, 6) is -0.379. The highest BCUT2D eigenvalue weighted by Crippen LogP contribution is 2.26. The van der Waals surface area contributed by atoms with Gasteiger partial charge in [-0.25, -0.2) is 9.78 Å². The zero-order chi connectivity index (χ0) is 26.3. The Balaban J connectivity index is 1.64. The Morgan fingerprint density at radius 1 is 1.08 bits per heavy atom. The van der Waals surface area contributed by atoms with Crippen molar-refractivity contribution < 1.29 is 9.90 Å². The van der Waals surface area contributed by atoms with Gasteiger partial charge in [0.2, 0.25) is 0 Å². The molecule has 8 heteroatoms. The van der Waals surface area contributed by atoms with Crippen molar-refractivity contribution in [2.24, 2.45) is 5.10 Å². The summed E-state index contributed by atoms with van der Waals surface area (Å²) in [6, 6.07) is 20.4. The van der Waals surface area contributed by atoms with Crippen molar-refractivity contribution in [2.75, 3.05) is 0 Å². The summed E-state index contributed by atoms with van der Waals surface area (Å²) in [6.45, 7) is 6.48. The number of nitrogens with zero attached hydrogens (tertiary/aromatic N) is 4. The molecule has 0 saturated carbocycles. The van der Waals surface area contributed by atoms with Crippen molar-refractivity contribution in [3.63, 3.8) is 0 Å². The molecule has 37 heavy (non-hydrogen) atoms. The molecule has 0 spiro atoms. The van der Waals surface area contributed by atoms with Gasteiger partial charge in [0.25, 0.3) is 5.56 Å². The second kappa shape index (κ2) is 9.78. The van der Waals surface area contributed by atoms with Crippen LogP contribution in [0.3, 0.4) is 0 Å². The molecule has 5 rings (SSSR count). The van der Waals surface area contributed by atoms with Crippen LogP contribution in [0.5, 0.6) is 0 Å². The predicted molar refractivity (Wildman–Crippen MR) is 150 cm³/mol. The number of aromatic nitrogens is 3. The maximum absolute atomic E-state index is 13.4. The van der Waals surface area contributed by atoms with E-state index < -0.39 is 5.97 Å². The molecule has 1 N–H and O–H groups in total. The number of carbonyl (C=O) groups is 1. The smallest absolute Gasteiger partial charge is 0.335 e. The van der Waals surface area contributed by atoms with Crippen molar-refractivity contribution in [3.05, 3.63) is 110 Å². The first-order valence-corrected chi connectivity index (χ1v) is 12.7. The molecule has 3 aromatic carbocycles. The summed E-state index contributed by atoms with van der Waals surface area (Å²) in [4.78, 5) is 29.6. The van der Waals surface area contributed by atoms with E-state index in [0.29, 0.717) is 23.3 Å². The highest BCUT2D eigenvalue weighted by Gasteiger charge is 2.16. The first kappa shape index (κ1) is 24.6. The number of carboxylic acids is 1. The topological polar surface area (TPSA) is 89.5 Å². The molecule has 5 aromatic rings. The first-order chi connectivity index (χ1) is 17.7. The van der Waals surface area contributed by atoms with Crippen molar-refractivity contribution in [1.82, 2.24) is 14.2 Å². The van der Waals surface area contributed by atoms with Gasteiger partial charge < -0.3 is 9.67 Å². The van der Waals surface area contributed by atoms with Crippen molar-refractivity contribution >= 4 is 49.9 Å². The average molecular weight is 557 g/mol. The molecule has 0 radical (unpaired) electrons. The number of aromatic carboxylic acids is 1. The van der Waals surface area contributed by atoms with Crippen LogP contribution in [0.15, 0.2) is 81.1 Å². The maximum Gasteiger partial charge on any atom is 0.335 e. The highest BCUT2D eigenvalue weighted by molar-refractivity contribution is 9.10. The molecule has 2 aromatic heterocycles. The van der Waals surface area contributed by atoms with Crippen molar-refractivity contribution in [2.45, 2.75) is 33.2 Å². The lowest BCUT2D eigenvalue weighted by Gasteiger charge is -2.12. The number of hydrogen-bond acceptors (Lipinski definition) is 4. The Hall–Kier alpha value is -4.04. The minimum absolute atomic E-state index is 0.0122. The van der Waals surface area contributed by atoms with Gasteiger partial charge in [-0.05, 0) is 48.9 Å². The number of fused-ring (bicyclic) bond motifs is 2. The van der Waals surface area contributed by atoms with Crippen molar-refractivity contribution in [3.8, 4) is 0 Å². The maximum atomic E-state index is 13.4. The Labute approximate surface area is 221 Å². The second-order valence-electron chi connectivity index (χ2n) is 9.26. The monoisotopic (exact) mass is 556 g/mol. The molecule has 0 unspecified atom stereocenters. The molecule has 0 bridgehead atoms. The lowest BCUT2D eigenvalue weighted by Crippen LogP contribution is -2.23. The predicted octanol–water partition coefficient (Wildman–Crippen LogP) is 6.17. The summed E-state index contributed by atoms with van der Waals surface area (Å²) in [5.41, 5.74) is 4.40. The highest BCUT2D eigenvalue weighted by atomic mass is 79.9. The quantitative estimate of drug-likeness (QED) is 0.253. The van der Waals surface area contributed by atoms with Crippen LogP contribution in [0.4, 0.5) is 0 Å². The van der Waals surface area contributed by atoms with Gasteiger partial charge >= 0.3 is 5.97 Å². The minimum atomic E-state index is -0.953. The zero-order valence-electron chi connectivity index (χ0n) is 20.6. The summed E-state index contributed by atoms with van der Waals surface area (Å²) < 4.78 is 4.33. The van der Waals surface area contributed by atoms with Crippen LogP contribution < -0.4 is 5.56 Å². The lowest BCUT2D eigenvalue weighted by molar-refractivity contribution is 0.0696. The zero-order valence-corrected chi connectivity index (χ0v) is 22.2. The fraction of sp³-hybridized carbons (Fsp3) is 0.172. The van der Waals surface area contributed by atoms with E-state index in [4.69, 9.17) is 4.98 Å². The summed E-state index contributed by atoms with van der Waals surface area (Å²) in [7, 11) is 0. The van der Waals surface area contributed by atoms with Crippen LogP contribution in [0, 0.1) is 6.92 Å². The molecule has 0 aliphatic rings. The van der Waals surface area contributed by atoms with Crippen molar-refractivity contribution in [1.29, 1.82) is 0 Å². The first-order valence-electron chi connectivity index (χ1n) is 11.9. The second-order valence-corrected chi connectivity index (χ2v) is 10.2. The van der Waals surface area contributed by atoms with Crippen LogP contribution in [-0.2, 0) is 6.54 Å². The Kier molecular flexibility index (Phi) is 6.52. The normalized spacial score (nSPS) is 11.8. The van der Waals surface area contributed by atoms with Gasteiger partial charge in [0.15, 0.2) is 0 Å². The number of halogens is 1. The number of rotatable bonds is 6. The number of para-hydroxylation sites is 1. The standard InChI is InChI=1S/C29H25BrN4O3/c1-17(2)27-32-25-12-11-21(30)14-23(25)28(35)34(27)31-15-24-18(3)33(26-10-5-4-9-22(24)26)16-19-7-6-8-20(13-19)29(36)37/h4-15,17H,16H2,1-3H3,(H,36,37). The van der Waals surface area contributed by atoms with Gasteiger partial charge in [-0.3, -0.25) is 4.79 Å². The van der Waals surface area contributed by atoms with Gasteiger partial charge in [0.05, 0.1) is 22.7 Å². The minimum Gasteiger partial charge on any atom is -0.478 e. The number of carboxylic acid groups (broad SMARTS) is 1. The Morgan fingerprint density at radius 3 is 2.62 bits per heavy atom. The van der Waals surface area contributed by atoms with E-state index in [2.05, 4.69) is 25.6 Å². The molecular formula is C29H25BrN4O3. The fourth-order valence-electron chi connectivity index (χ4n) is 4.58.